The van der Waals surface area contributed by atoms with Gasteiger partial charge >= 0.3 is 5.69 Å². The molecule has 0 atom stereocenters. The minimum Gasteiger partial charge on any atom is -0.490 e. The van der Waals surface area contributed by atoms with Crippen LogP contribution < -0.4 is 9.47 Å². The van der Waals surface area contributed by atoms with Crippen LogP contribution in [0.15, 0.2) is 18.2 Å². The van der Waals surface area contributed by atoms with Crippen LogP contribution in [0.2, 0.25) is 0 Å². The molecular weight excluding hydrogens is 298 g/mol. The van der Waals surface area contributed by atoms with Crippen molar-refractivity contribution in [2.24, 2.45) is 7.05 Å². The van der Waals surface area contributed by atoms with Crippen molar-refractivity contribution < 1.29 is 14.4 Å². The SMILES string of the molecule is COc1ccc(Oc2c(CCl)c(C)nn2C)cc1[N+](=O)[O-]. The average Bonchev–Trinajstić information content (AvgIpc) is 2.72. The molecular formula is C13H14ClN3O4. The van der Waals surface area contributed by atoms with Gasteiger partial charge in [0.05, 0.1) is 35.2 Å². The first kappa shape index (κ1) is 15.1. The van der Waals surface area contributed by atoms with Crippen molar-refractivity contribution in [3.63, 3.8) is 0 Å². The number of hydrogen-bond acceptors (Lipinski definition) is 5. The summed E-state index contributed by atoms with van der Waals surface area (Å²) in [5, 5.41) is 15.2. The Morgan fingerprint density at radius 2 is 2.19 bits per heavy atom. The molecule has 0 N–H and O–H groups in total. The normalized spacial score (nSPS) is 10.5. The van der Waals surface area contributed by atoms with E-state index in [2.05, 4.69) is 5.10 Å². The summed E-state index contributed by atoms with van der Waals surface area (Å²) in [6, 6.07) is 4.38. The van der Waals surface area contributed by atoms with Crippen molar-refractivity contribution in [2.45, 2.75) is 12.8 Å². The number of methoxy groups -OCH3 is 1. The molecule has 0 aliphatic rings. The molecule has 0 spiro atoms. The van der Waals surface area contributed by atoms with Crippen molar-refractivity contribution in [3.8, 4) is 17.4 Å². The Kier molecular flexibility index (Phi) is 4.32. The van der Waals surface area contributed by atoms with E-state index in [9.17, 15) is 10.1 Å². The molecule has 0 unspecified atom stereocenters. The Morgan fingerprint density at radius 1 is 1.48 bits per heavy atom. The first-order valence-electron chi connectivity index (χ1n) is 6.06. The van der Waals surface area contributed by atoms with Crippen molar-refractivity contribution >= 4 is 17.3 Å². The molecule has 0 saturated heterocycles. The van der Waals surface area contributed by atoms with Crippen LogP contribution in [0.4, 0.5) is 5.69 Å². The lowest BCUT2D eigenvalue weighted by Gasteiger charge is -2.08. The molecule has 0 aliphatic carbocycles. The molecule has 0 fully saturated rings. The zero-order valence-corrected chi connectivity index (χ0v) is 12.5. The lowest BCUT2D eigenvalue weighted by Crippen LogP contribution is -1.98. The van der Waals surface area contributed by atoms with E-state index in [4.69, 9.17) is 21.1 Å². The fourth-order valence-corrected chi connectivity index (χ4v) is 2.26. The van der Waals surface area contributed by atoms with E-state index in [-0.39, 0.29) is 17.3 Å². The fraction of sp³-hybridized carbons (Fsp3) is 0.308. The van der Waals surface area contributed by atoms with E-state index < -0.39 is 4.92 Å². The minimum absolute atomic E-state index is 0.165. The zero-order chi connectivity index (χ0) is 15.6. The van der Waals surface area contributed by atoms with Crippen LogP contribution in [-0.2, 0) is 12.9 Å². The highest BCUT2D eigenvalue weighted by Crippen LogP contribution is 2.34. The Hall–Kier alpha value is -2.28. The van der Waals surface area contributed by atoms with Gasteiger partial charge < -0.3 is 9.47 Å². The van der Waals surface area contributed by atoms with Gasteiger partial charge in [0.25, 0.3) is 0 Å². The number of aryl methyl sites for hydroxylation is 2. The molecule has 112 valence electrons. The van der Waals surface area contributed by atoms with Gasteiger partial charge in [0.1, 0.15) is 5.75 Å². The Bertz CT molecular complexity index is 684. The molecule has 2 aromatic rings. The first-order valence-corrected chi connectivity index (χ1v) is 6.60. The van der Waals surface area contributed by atoms with Gasteiger partial charge in [-0.25, -0.2) is 4.68 Å². The lowest BCUT2D eigenvalue weighted by molar-refractivity contribution is -0.385. The molecule has 21 heavy (non-hydrogen) atoms. The predicted molar refractivity (Wildman–Crippen MR) is 77.2 cm³/mol. The molecule has 7 nitrogen and oxygen atoms in total. The van der Waals surface area contributed by atoms with E-state index in [0.717, 1.165) is 11.3 Å². The Labute approximate surface area is 126 Å². The highest BCUT2D eigenvalue weighted by Gasteiger charge is 2.19. The van der Waals surface area contributed by atoms with E-state index in [1.165, 1.54) is 19.2 Å². The van der Waals surface area contributed by atoms with Gasteiger partial charge in [-0.2, -0.15) is 5.10 Å². The van der Waals surface area contributed by atoms with Gasteiger partial charge in [0.15, 0.2) is 5.75 Å². The Balaban J connectivity index is 2.41. The van der Waals surface area contributed by atoms with Gasteiger partial charge in [-0.3, -0.25) is 10.1 Å². The fourth-order valence-electron chi connectivity index (χ4n) is 1.95. The second-order valence-corrected chi connectivity index (χ2v) is 4.59. The van der Waals surface area contributed by atoms with E-state index >= 15 is 0 Å². The number of benzene rings is 1. The van der Waals surface area contributed by atoms with Crippen molar-refractivity contribution in [1.29, 1.82) is 0 Å². The summed E-state index contributed by atoms with van der Waals surface area (Å²) < 4.78 is 12.2. The number of alkyl halides is 1. The zero-order valence-electron chi connectivity index (χ0n) is 11.8. The van der Waals surface area contributed by atoms with Crippen molar-refractivity contribution in [1.82, 2.24) is 9.78 Å². The third kappa shape index (κ3) is 2.92. The summed E-state index contributed by atoms with van der Waals surface area (Å²) in [6.45, 7) is 1.82. The van der Waals surface area contributed by atoms with Gasteiger partial charge in [-0.1, -0.05) is 0 Å². The number of nitrogens with zero attached hydrogens (tertiary/aromatic N) is 3. The van der Waals surface area contributed by atoms with Crippen LogP contribution in [0.3, 0.4) is 0 Å². The number of halogens is 1. The van der Waals surface area contributed by atoms with E-state index in [0.29, 0.717) is 11.6 Å². The van der Waals surface area contributed by atoms with Crippen LogP contribution in [0.25, 0.3) is 0 Å². The van der Waals surface area contributed by atoms with Crippen LogP contribution in [0.1, 0.15) is 11.3 Å². The number of rotatable bonds is 5. The molecule has 0 aliphatic heterocycles. The number of aromatic nitrogens is 2. The number of nitro benzene ring substituents is 1. The third-order valence-electron chi connectivity index (χ3n) is 2.98. The maximum absolute atomic E-state index is 11.0. The summed E-state index contributed by atoms with van der Waals surface area (Å²) in [5.74, 6) is 1.19. The molecule has 1 aromatic heterocycles. The highest BCUT2D eigenvalue weighted by atomic mass is 35.5. The largest absolute Gasteiger partial charge is 0.490 e. The van der Waals surface area contributed by atoms with Gasteiger partial charge in [0, 0.05) is 7.05 Å². The van der Waals surface area contributed by atoms with Gasteiger partial charge in [0.2, 0.25) is 5.88 Å². The van der Waals surface area contributed by atoms with Crippen LogP contribution >= 0.6 is 11.6 Å². The first-order chi connectivity index (χ1) is 9.97. The number of ether oxygens (including phenoxy) is 2. The average molecular weight is 312 g/mol. The maximum Gasteiger partial charge on any atom is 0.314 e. The topological polar surface area (TPSA) is 79.4 Å². The summed E-state index contributed by atoms with van der Waals surface area (Å²) in [7, 11) is 3.09. The van der Waals surface area contributed by atoms with Gasteiger partial charge in [-0.15, -0.1) is 11.6 Å². The standard InChI is InChI=1S/C13H14ClN3O4/c1-8-10(7-14)13(16(2)15-8)21-9-4-5-12(20-3)11(6-9)17(18)19/h4-6H,7H2,1-3H3. The Morgan fingerprint density at radius 3 is 2.76 bits per heavy atom. The maximum atomic E-state index is 11.0. The van der Waals surface area contributed by atoms with Crippen molar-refractivity contribution in [3.05, 3.63) is 39.6 Å². The lowest BCUT2D eigenvalue weighted by atomic mass is 10.2. The molecule has 0 radical (unpaired) electrons. The summed E-state index contributed by atoms with van der Waals surface area (Å²) in [6.07, 6.45) is 0. The predicted octanol–water partition coefficient (Wildman–Crippen LogP) is 3.18. The number of hydrogen-bond donors (Lipinski definition) is 0. The van der Waals surface area contributed by atoms with Crippen LogP contribution in [0, 0.1) is 17.0 Å². The second-order valence-electron chi connectivity index (χ2n) is 4.32. The molecule has 1 aromatic carbocycles. The smallest absolute Gasteiger partial charge is 0.314 e. The van der Waals surface area contributed by atoms with Gasteiger partial charge in [-0.05, 0) is 19.1 Å². The highest BCUT2D eigenvalue weighted by molar-refractivity contribution is 6.17. The van der Waals surface area contributed by atoms with Crippen molar-refractivity contribution in [2.75, 3.05) is 7.11 Å². The summed E-state index contributed by atoms with van der Waals surface area (Å²) >= 11 is 5.88. The summed E-state index contributed by atoms with van der Waals surface area (Å²) in [4.78, 5) is 10.5. The third-order valence-corrected chi connectivity index (χ3v) is 3.25. The molecule has 0 amide bonds. The van der Waals surface area contributed by atoms with E-state index in [1.807, 2.05) is 6.92 Å². The molecule has 0 saturated carbocycles. The monoisotopic (exact) mass is 311 g/mol. The molecule has 0 bridgehead atoms. The summed E-state index contributed by atoms with van der Waals surface area (Å²) in [5.41, 5.74) is 1.34. The quantitative estimate of drug-likeness (QED) is 0.481. The van der Waals surface area contributed by atoms with Crippen LogP contribution in [0.5, 0.6) is 17.4 Å². The molecule has 2 rings (SSSR count). The second kappa shape index (κ2) is 6.01. The minimum atomic E-state index is -0.525. The number of nitro groups is 1. The van der Waals surface area contributed by atoms with E-state index in [1.54, 1.807) is 17.8 Å². The molecule has 1 heterocycles. The van der Waals surface area contributed by atoms with Crippen LogP contribution in [-0.4, -0.2) is 21.8 Å². The molecule has 8 heteroatoms.